The molecule has 0 spiro atoms. The van der Waals surface area contributed by atoms with E-state index in [0.717, 1.165) is 64.2 Å². The highest BCUT2D eigenvalue weighted by Crippen LogP contribution is 2.16. The highest BCUT2D eigenvalue weighted by molar-refractivity contribution is 5.77. The number of carbonyl (C=O) groups excluding carboxylic acids is 2. The quantitative estimate of drug-likeness (QED) is 0.0326. The summed E-state index contributed by atoms with van der Waals surface area (Å²) in [5.41, 5.74) is 0. The second kappa shape index (κ2) is 43.2. The van der Waals surface area contributed by atoms with Gasteiger partial charge in [-0.05, 0) is 70.6 Å². The van der Waals surface area contributed by atoms with Crippen LogP contribution in [-0.4, -0.2) is 46.9 Å². The molecule has 1 amide bonds. The Kier molecular flexibility index (Phi) is 41.7. The van der Waals surface area contributed by atoms with Crippen molar-refractivity contribution in [1.82, 2.24) is 5.32 Å². The van der Waals surface area contributed by atoms with E-state index in [2.05, 4.69) is 56.5 Å². The van der Waals surface area contributed by atoms with Crippen LogP contribution >= 0.6 is 0 Å². The van der Waals surface area contributed by atoms with Crippen molar-refractivity contribution in [3.8, 4) is 0 Å². The minimum atomic E-state index is -0.796. The fourth-order valence-corrected chi connectivity index (χ4v) is 7.07. The third-order valence-corrected chi connectivity index (χ3v) is 10.7. The molecule has 0 rings (SSSR count). The van der Waals surface area contributed by atoms with Gasteiger partial charge in [-0.1, -0.05) is 192 Å². The van der Waals surface area contributed by atoms with Gasteiger partial charge in [0.05, 0.1) is 25.2 Å². The smallest absolute Gasteiger partial charge is 0.306 e. The van der Waals surface area contributed by atoms with Crippen LogP contribution in [0.2, 0.25) is 0 Å². The number of ether oxygens (including phenoxy) is 1. The van der Waals surface area contributed by atoms with E-state index < -0.39 is 18.2 Å². The Bertz CT molecular complexity index is 915. The maximum absolute atomic E-state index is 13.1. The van der Waals surface area contributed by atoms with Crippen molar-refractivity contribution in [1.29, 1.82) is 0 Å². The van der Waals surface area contributed by atoms with Gasteiger partial charge in [0.1, 0.15) is 6.10 Å². The van der Waals surface area contributed by atoms with E-state index in [1.165, 1.54) is 122 Å². The standard InChI is InChI=1S/C49H91NO5/c1-4-7-10-13-16-19-21-23-25-26-29-31-34-37-40-45(55-49(54)42-39-36-33-30-27-24-22-20-17-14-11-8-5-2)43-48(53)50-46(44-51)47(52)41-38-35-32-28-18-15-12-9-6-3/h24-27,33,36,45-47,51-52H,4-23,28-32,34-35,37-44H2,1-3H3,(H,50,53)/b26-25+,27-24-,36-33+. The fourth-order valence-electron chi connectivity index (χ4n) is 7.07. The molecule has 0 saturated heterocycles. The van der Waals surface area contributed by atoms with E-state index in [1.807, 2.05) is 6.08 Å². The molecular formula is C49H91NO5. The number of unbranched alkanes of at least 4 members (excludes halogenated alkanes) is 24. The van der Waals surface area contributed by atoms with Gasteiger partial charge in [-0.2, -0.15) is 0 Å². The molecule has 322 valence electrons. The highest BCUT2D eigenvalue weighted by Gasteiger charge is 2.24. The first kappa shape index (κ1) is 53.1. The van der Waals surface area contributed by atoms with E-state index in [-0.39, 0.29) is 31.3 Å². The molecule has 0 aromatic carbocycles. The zero-order valence-electron chi connectivity index (χ0n) is 36.6. The second-order valence-corrected chi connectivity index (χ2v) is 16.2. The van der Waals surface area contributed by atoms with E-state index >= 15 is 0 Å². The Morgan fingerprint density at radius 1 is 0.527 bits per heavy atom. The topological polar surface area (TPSA) is 95.9 Å². The summed E-state index contributed by atoms with van der Waals surface area (Å²) in [7, 11) is 0. The first-order valence-corrected chi connectivity index (χ1v) is 23.7. The maximum atomic E-state index is 13.1. The minimum absolute atomic E-state index is 0.0462. The number of amides is 1. The maximum Gasteiger partial charge on any atom is 0.306 e. The molecule has 3 N–H and O–H groups in total. The van der Waals surface area contributed by atoms with Crippen LogP contribution in [0.4, 0.5) is 0 Å². The lowest BCUT2D eigenvalue weighted by atomic mass is 10.0. The Morgan fingerprint density at radius 2 is 0.927 bits per heavy atom. The molecule has 6 nitrogen and oxygen atoms in total. The molecule has 0 aromatic rings. The first-order valence-electron chi connectivity index (χ1n) is 23.7. The summed E-state index contributed by atoms with van der Waals surface area (Å²) in [6.45, 7) is 6.43. The Labute approximate surface area is 341 Å². The number of carbonyl (C=O) groups is 2. The number of hydrogen-bond donors (Lipinski definition) is 3. The minimum Gasteiger partial charge on any atom is -0.462 e. The highest BCUT2D eigenvalue weighted by atomic mass is 16.5. The molecule has 0 aromatic heterocycles. The summed E-state index contributed by atoms with van der Waals surface area (Å²) in [6.07, 6.45) is 49.3. The van der Waals surface area contributed by atoms with Crippen LogP contribution in [0.15, 0.2) is 36.5 Å². The molecule has 0 aliphatic rings. The number of aliphatic hydroxyl groups excluding tert-OH is 2. The molecule has 0 fully saturated rings. The van der Waals surface area contributed by atoms with Crippen molar-refractivity contribution in [2.24, 2.45) is 0 Å². The normalized spacial score (nSPS) is 13.6. The van der Waals surface area contributed by atoms with Crippen molar-refractivity contribution in [3.63, 3.8) is 0 Å². The van der Waals surface area contributed by atoms with Crippen LogP contribution in [0.3, 0.4) is 0 Å². The van der Waals surface area contributed by atoms with Crippen molar-refractivity contribution in [2.45, 2.75) is 257 Å². The largest absolute Gasteiger partial charge is 0.462 e. The van der Waals surface area contributed by atoms with Crippen molar-refractivity contribution >= 4 is 11.9 Å². The number of rotatable bonds is 42. The first-order chi connectivity index (χ1) is 27.0. The summed E-state index contributed by atoms with van der Waals surface area (Å²) in [5.74, 6) is -0.567. The molecule has 55 heavy (non-hydrogen) atoms. The Morgan fingerprint density at radius 3 is 1.42 bits per heavy atom. The van der Waals surface area contributed by atoms with Gasteiger partial charge < -0.3 is 20.3 Å². The zero-order chi connectivity index (χ0) is 40.3. The van der Waals surface area contributed by atoms with Gasteiger partial charge >= 0.3 is 5.97 Å². The molecule has 0 aliphatic carbocycles. The number of esters is 1. The van der Waals surface area contributed by atoms with Crippen LogP contribution in [0.25, 0.3) is 0 Å². The zero-order valence-corrected chi connectivity index (χ0v) is 36.6. The summed E-state index contributed by atoms with van der Waals surface area (Å²) in [4.78, 5) is 26.0. The average molecular weight is 774 g/mol. The molecule has 3 atom stereocenters. The van der Waals surface area contributed by atoms with E-state index in [9.17, 15) is 19.8 Å². The second-order valence-electron chi connectivity index (χ2n) is 16.2. The van der Waals surface area contributed by atoms with Gasteiger partial charge in [0.15, 0.2) is 0 Å². The van der Waals surface area contributed by atoms with E-state index in [0.29, 0.717) is 19.3 Å². The SMILES string of the molecule is CCCCCCCC/C=C\C/C=C/CCC(=O)OC(CCCCC/C=C/CCCCCCCCC)CC(=O)NC(CO)C(O)CCCCCCCCCCC. The van der Waals surface area contributed by atoms with Crippen LogP contribution in [0.1, 0.15) is 239 Å². The summed E-state index contributed by atoms with van der Waals surface area (Å²) in [6, 6.07) is -0.712. The monoisotopic (exact) mass is 774 g/mol. The molecule has 0 heterocycles. The van der Waals surface area contributed by atoms with Gasteiger partial charge in [0.2, 0.25) is 5.91 Å². The van der Waals surface area contributed by atoms with Crippen molar-refractivity contribution in [2.75, 3.05) is 6.61 Å². The van der Waals surface area contributed by atoms with Gasteiger partial charge in [-0.25, -0.2) is 0 Å². The number of nitrogens with one attached hydrogen (secondary N) is 1. The van der Waals surface area contributed by atoms with E-state index in [4.69, 9.17) is 4.74 Å². The molecule has 0 bridgehead atoms. The summed E-state index contributed by atoms with van der Waals surface area (Å²) >= 11 is 0. The molecule has 0 saturated carbocycles. The predicted molar refractivity (Wildman–Crippen MR) is 236 cm³/mol. The number of aliphatic hydroxyl groups is 2. The van der Waals surface area contributed by atoms with Crippen LogP contribution in [-0.2, 0) is 14.3 Å². The van der Waals surface area contributed by atoms with Crippen molar-refractivity contribution in [3.05, 3.63) is 36.5 Å². The van der Waals surface area contributed by atoms with Crippen LogP contribution < -0.4 is 5.32 Å². The molecule has 6 heteroatoms. The Hall–Kier alpha value is -1.92. The van der Waals surface area contributed by atoms with Crippen molar-refractivity contribution < 1.29 is 24.5 Å². The summed E-state index contributed by atoms with van der Waals surface area (Å²) < 4.78 is 5.86. The lowest BCUT2D eigenvalue weighted by Gasteiger charge is -2.24. The number of hydrogen-bond acceptors (Lipinski definition) is 5. The fraction of sp³-hybridized carbons (Fsp3) is 0.837. The Balaban J connectivity index is 4.69. The van der Waals surface area contributed by atoms with Gasteiger partial charge in [0, 0.05) is 6.42 Å². The average Bonchev–Trinajstić information content (AvgIpc) is 3.18. The van der Waals surface area contributed by atoms with Gasteiger partial charge in [0.25, 0.3) is 0 Å². The molecule has 0 aliphatic heterocycles. The third kappa shape index (κ3) is 38.7. The third-order valence-electron chi connectivity index (χ3n) is 10.7. The molecular weight excluding hydrogens is 683 g/mol. The lowest BCUT2D eigenvalue weighted by molar-refractivity contribution is -0.150. The molecule has 3 unspecified atom stereocenters. The van der Waals surface area contributed by atoms with Gasteiger partial charge in [-0.3, -0.25) is 9.59 Å². The van der Waals surface area contributed by atoms with Crippen LogP contribution in [0, 0.1) is 0 Å². The van der Waals surface area contributed by atoms with E-state index in [1.54, 1.807) is 0 Å². The van der Waals surface area contributed by atoms with Gasteiger partial charge in [-0.15, -0.1) is 0 Å². The lowest BCUT2D eigenvalue weighted by Crippen LogP contribution is -2.46. The molecule has 0 radical (unpaired) electrons. The number of allylic oxidation sites excluding steroid dienone is 6. The summed E-state index contributed by atoms with van der Waals surface area (Å²) in [5, 5.41) is 23.6. The van der Waals surface area contributed by atoms with Crippen LogP contribution in [0.5, 0.6) is 0 Å². The predicted octanol–water partition coefficient (Wildman–Crippen LogP) is 13.7.